The average molecular weight is 454 g/mol. The molecule has 30 heavy (non-hydrogen) atoms. The van der Waals surface area contributed by atoms with E-state index in [-0.39, 0.29) is 12.5 Å². The van der Waals surface area contributed by atoms with Crippen LogP contribution in [0.2, 0.25) is 0 Å². The number of hydrogen-bond acceptors (Lipinski definition) is 8. The predicted molar refractivity (Wildman–Crippen MR) is 115 cm³/mol. The van der Waals surface area contributed by atoms with Crippen molar-refractivity contribution in [2.75, 3.05) is 39.4 Å². The molecule has 2 aromatic rings. The van der Waals surface area contributed by atoms with Crippen LogP contribution in [-0.4, -0.2) is 57.7 Å². The van der Waals surface area contributed by atoms with Gasteiger partial charge in [-0.1, -0.05) is 0 Å². The molecule has 0 unspecified atom stereocenters. The number of carbonyl (C=O) groups excluding carboxylic acids is 1. The van der Waals surface area contributed by atoms with E-state index in [0.29, 0.717) is 40.9 Å². The highest BCUT2D eigenvalue weighted by molar-refractivity contribution is 7.88. The van der Waals surface area contributed by atoms with Crippen molar-refractivity contribution < 1.29 is 27.4 Å². The van der Waals surface area contributed by atoms with Gasteiger partial charge < -0.3 is 14.2 Å². The summed E-state index contributed by atoms with van der Waals surface area (Å²) in [6.07, 6.45) is 4.72. The standard InChI is InChI=1S/C19H23N3O6S2/c1-26-14-9-12(10-15(27-2)18(14)28-3)5-6-17(23)21-19-20-13-7-8-22(30(4,24)25)11-16(13)29-19/h5-6,9-10H,7-8,11H2,1-4H3,(H,20,21,23)/b6-5+. The molecule has 0 atom stereocenters. The van der Waals surface area contributed by atoms with Gasteiger partial charge in [0.05, 0.1) is 33.3 Å². The number of aromatic nitrogens is 1. The van der Waals surface area contributed by atoms with Crippen molar-refractivity contribution in [1.29, 1.82) is 0 Å². The molecule has 0 aliphatic carbocycles. The summed E-state index contributed by atoms with van der Waals surface area (Å²) in [6.45, 7) is 0.674. The number of ether oxygens (including phenoxy) is 3. The maximum Gasteiger partial charge on any atom is 0.250 e. The van der Waals surface area contributed by atoms with E-state index in [1.807, 2.05) is 0 Å². The quantitative estimate of drug-likeness (QED) is 0.640. The Bertz CT molecular complexity index is 1050. The van der Waals surface area contributed by atoms with E-state index in [4.69, 9.17) is 14.2 Å². The van der Waals surface area contributed by atoms with Crippen LogP contribution in [0, 0.1) is 0 Å². The van der Waals surface area contributed by atoms with E-state index in [1.165, 1.54) is 49.3 Å². The predicted octanol–water partition coefficient (Wildman–Crippen LogP) is 2.14. The molecular weight excluding hydrogens is 430 g/mol. The monoisotopic (exact) mass is 453 g/mol. The number of anilines is 1. The number of fused-ring (bicyclic) bond motifs is 1. The second-order valence-electron chi connectivity index (χ2n) is 6.52. The fourth-order valence-electron chi connectivity index (χ4n) is 3.03. The Kier molecular flexibility index (Phi) is 6.64. The Morgan fingerprint density at radius 1 is 1.20 bits per heavy atom. The van der Waals surface area contributed by atoms with Crippen molar-refractivity contribution >= 4 is 38.5 Å². The SMILES string of the molecule is COc1cc(/C=C/C(=O)Nc2nc3c(s2)CN(S(C)(=O)=O)CC3)cc(OC)c1OC. The number of hydrogen-bond donors (Lipinski definition) is 1. The zero-order chi connectivity index (χ0) is 21.9. The lowest BCUT2D eigenvalue weighted by atomic mass is 10.1. The first-order valence-electron chi connectivity index (χ1n) is 8.98. The summed E-state index contributed by atoms with van der Waals surface area (Å²) in [5.41, 5.74) is 1.52. The first-order valence-corrected chi connectivity index (χ1v) is 11.6. The molecule has 11 heteroatoms. The number of methoxy groups -OCH3 is 3. The van der Waals surface area contributed by atoms with E-state index in [0.717, 1.165) is 10.6 Å². The lowest BCUT2D eigenvalue weighted by Crippen LogP contribution is -2.34. The zero-order valence-corrected chi connectivity index (χ0v) is 18.7. The molecule has 0 saturated carbocycles. The van der Waals surface area contributed by atoms with Gasteiger partial charge in [-0.05, 0) is 23.8 Å². The van der Waals surface area contributed by atoms with Crippen LogP contribution in [0.1, 0.15) is 16.1 Å². The van der Waals surface area contributed by atoms with Gasteiger partial charge in [0.1, 0.15) is 0 Å². The average Bonchev–Trinajstić information content (AvgIpc) is 3.11. The molecule has 1 aliphatic heterocycles. The Hall–Kier alpha value is -2.63. The Morgan fingerprint density at radius 2 is 1.87 bits per heavy atom. The van der Waals surface area contributed by atoms with E-state index in [9.17, 15) is 13.2 Å². The van der Waals surface area contributed by atoms with Gasteiger partial charge in [0.25, 0.3) is 0 Å². The van der Waals surface area contributed by atoms with Crippen LogP contribution in [0.4, 0.5) is 5.13 Å². The molecule has 162 valence electrons. The second-order valence-corrected chi connectivity index (χ2v) is 9.58. The highest BCUT2D eigenvalue weighted by Crippen LogP contribution is 2.38. The maximum absolute atomic E-state index is 12.3. The highest BCUT2D eigenvalue weighted by atomic mass is 32.2. The number of benzene rings is 1. The Balaban J connectivity index is 1.71. The largest absolute Gasteiger partial charge is 0.493 e. The molecule has 1 aromatic heterocycles. The van der Waals surface area contributed by atoms with Gasteiger partial charge in [-0.25, -0.2) is 13.4 Å². The van der Waals surface area contributed by atoms with Crippen molar-refractivity contribution in [1.82, 2.24) is 9.29 Å². The molecule has 1 amide bonds. The van der Waals surface area contributed by atoms with Crippen LogP contribution < -0.4 is 19.5 Å². The third-order valence-electron chi connectivity index (χ3n) is 4.51. The fraction of sp³-hybridized carbons (Fsp3) is 0.368. The summed E-state index contributed by atoms with van der Waals surface area (Å²) >= 11 is 1.28. The normalized spacial score (nSPS) is 14.4. The van der Waals surface area contributed by atoms with Gasteiger partial charge in [-0.3, -0.25) is 10.1 Å². The maximum atomic E-state index is 12.3. The molecule has 0 saturated heterocycles. The number of amides is 1. The lowest BCUT2D eigenvalue weighted by Gasteiger charge is -2.23. The highest BCUT2D eigenvalue weighted by Gasteiger charge is 2.26. The molecule has 9 nitrogen and oxygen atoms in total. The molecule has 0 fully saturated rings. The summed E-state index contributed by atoms with van der Waals surface area (Å²) in [4.78, 5) is 17.6. The van der Waals surface area contributed by atoms with E-state index in [1.54, 1.807) is 18.2 Å². The van der Waals surface area contributed by atoms with Crippen LogP contribution in [0.25, 0.3) is 6.08 Å². The van der Waals surface area contributed by atoms with Crippen LogP contribution in [0.15, 0.2) is 18.2 Å². The second kappa shape index (κ2) is 9.02. The van der Waals surface area contributed by atoms with Crippen LogP contribution in [0.3, 0.4) is 0 Å². The van der Waals surface area contributed by atoms with Crippen molar-refractivity contribution in [3.63, 3.8) is 0 Å². The molecule has 1 aliphatic rings. The topological polar surface area (TPSA) is 107 Å². The number of nitrogens with one attached hydrogen (secondary N) is 1. The number of thiazole rings is 1. The molecule has 2 heterocycles. The lowest BCUT2D eigenvalue weighted by molar-refractivity contribution is -0.111. The van der Waals surface area contributed by atoms with Gasteiger partial charge in [0, 0.05) is 30.5 Å². The molecule has 0 bridgehead atoms. The fourth-order valence-corrected chi connectivity index (χ4v) is 4.92. The molecule has 0 radical (unpaired) electrons. The van der Waals surface area contributed by atoms with E-state index < -0.39 is 10.0 Å². The van der Waals surface area contributed by atoms with Crippen LogP contribution in [0.5, 0.6) is 17.2 Å². The summed E-state index contributed by atoms with van der Waals surface area (Å²) in [7, 11) is 1.31. The van der Waals surface area contributed by atoms with Crippen molar-refractivity contribution in [3.05, 3.63) is 34.3 Å². The summed E-state index contributed by atoms with van der Waals surface area (Å²) < 4.78 is 40.8. The summed E-state index contributed by atoms with van der Waals surface area (Å²) in [6, 6.07) is 3.46. The van der Waals surface area contributed by atoms with Gasteiger partial charge in [0.2, 0.25) is 21.7 Å². The van der Waals surface area contributed by atoms with Crippen LogP contribution >= 0.6 is 11.3 Å². The minimum Gasteiger partial charge on any atom is -0.493 e. The van der Waals surface area contributed by atoms with Crippen LogP contribution in [-0.2, 0) is 27.8 Å². The number of nitrogens with zero attached hydrogens (tertiary/aromatic N) is 2. The number of rotatable bonds is 7. The van der Waals surface area contributed by atoms with Gasteiger partial charge in [0.15, 0.2) is 16.6 Å². The molecular formula is C19H23N3O6S2. The first kappa shape index (κ1) is 22.1. The van der Waals surface area contributed by atoms with Gasteiger partial charge in [-0.2, -0.15) is 4.31 Å². The first-order chi connectivity index (χ1) is 14.2. The Labute approximate surface area is 179 Å². The van der Waals surface area contributed by atoms with Crippen molar-refractivity contribution in [2.45, 2.75) is 13.0 Å². The zero-order valence-electron chi connectivity index (χ0n) is 17.1. The summed E-state index contributed by atoms with van der Waals surface area (Å²) in [5, 5.41) is 3.17. The van der Waals surface area contributed by atoms with Gasteiger partial charge >= 0.3 is 0 Å². The van der Waals surface area contributed by atoms with E-state index in [2.05, 4.69) is 10.3 Å². The van der Waals surface area contributed by atoms with Crippen molar-refractivity contribution in [3.8, 4) is 17.2 Å². The smallest absolute Gasteiger partial charge is 0.250 e. The number of carbonyl (C=O) groups is 1. The van der Waals surface area contributed by atoms with Gasteiger partial charge in [-0.15, -0.1) is 11.3 Å². The minimum absolute atomic E-state index is 0.281. The molecule has 1 N–H and O–H groups in total. The van der Waals surface area contributed by atoms with E-state index >= 15 is 0 Å². The molecule has 0 spiro atoms. The summed E-state index contributed by atoms with van der Waals surface area (Å²) in [5.74, 6) is 1.09. The Morgan fingerprint density at radius 3 is 2.43 bits per heavy atom. The third kappa shape index (κ3) is 4.91. The molecule has 3 rings (SSSR count). The molecule has 1 aromatic carbocycles. The number of sulfonamides is 1. The minimum atomic E-state index is -3.25. The van der Waals surface area contributed by atoms with Crippen molar-refractivity contribution in [2.24, 2.45) is 0 Å². The third-order valence-corrected chi connectivity index (χ3v) is 6.76.